The maximum absolute atomic E-state index is 12.8. The number of ketones is 1. The molecule has 2 heteroatoms. The molecule has 104 valence electrons. The smallest absolute Gasteiger partial charge is 0.193 e. The minimum absolute atomic E-state index is 0.0835. The number of ether oxygens (including phenoxy) is 1. The number of carbonyl (C=O) groups excluding carboxylic acids is 1. The zero-order valence-corrected chi connectivity index (χ0v) is 12.7. The van der Waals surface area contributed by atoms with Crippen molar-refractivity contribution in [2.75, 3.05) is 7.11 Å². The molecule has 0 bridgehead atoms. The van der Waals surface area contributed by atoms with Gasteiger partial charge in [-0.15, -0.1) is 0 Å². The molecule has 0 aliphatic carbocycles. The van der Waals surface area contributed by atoms with E-state index in [2.05, 4.69) is 12.1 Å². The van der Waals surface area contributed by atoms with Gasteiger partial charge in [-0.3, -0.25) is 4.79 Å². The Balaban J connectivity index is 2.52. The summed E-state index contributed by atoms with van der Waals surface area (Å²) in [6.07, 6.45) is 0. The van der Waals surface area contributed by atoms with Crippen LogP contribution < -0.4 is 4.74 Å². The molecule has 0 N–H and O–H groups in total. The molecule has 2 aromatic rings. The van der Waals surface area contributed by atoms with Crippen LogP contribution in [0.1, 0.15) is 38.2 Å². The van der Waals surface area contributed by atoms with Crippen LogP contribution in [-0.2, 0) is 0 Å². The largest absolute Gasteiger partial charge is 0.497 e. The number of methoxy groups -OCH3 is 1. The molecule has 0 aromatic heterocycles. The molecule has 0 saturated carbocycles. The van der Waals surface area contributed by atoms with E-state index in [1.807, 2.05) is 45.9 Å². The van der Waals surface area contributed by atoms with Gasteiger partial charge in [-0.25, -0.2) is 0 Å². The van der Waals surface area contributed by atoms with E-state index in [1.165, 1.54) is 5.56 Å². The summed E-state index contributed by atoms with van der Waals surface area (Å²) in [7, 11) is 1.63. The lowest BCUT2D eigenvalue weighted by molar-refractivity contribution is 0.103. The number of rotatable bonds is 3. The summed E-state index contributed by atoms with van der Waals surface area (Å²) >= 11 is 0. The van der Waals surface area contributed by atoms with Crippen LogP contribution in [0.3, 0.4) is 0 Å². The Morgan fingerprint density at radius 2 is 1.50 bits per heavy atom. The van der Waals surface area contributed by atoms with Crippen LogP contribution in [0.4, 0.5) is 0 Å². The van der Waals surface area contributed by atoms with Gasteiger partial charge >= 0.3 is 0 Å². The van der Waals surface area contributed by atoms with Crippen LogP contribution in [0.2, 0.25) is 0 Å². The van der Waals surface area contributed by atoms with Gasteiger partial charge in [0.2, 0.25) is 0 Å². The molecule has 0 amide bonds. The molecule has 0 atom stereocenters. The quantitative estimate of drug-likeness (QED) is 0.781. The monoisotopic (exact) mass is 268 g/mol. The van der Waals surface area contributed by atoms with Crippen molar-refractivity contribution in [3.05, 3.63) is 63.7 Å². The third-order valence-electron chi connectivity index (χ3n) is 3.58. The third kappa shape index (κ3) is 2.60. The van der Waals surface area contributed by atoms with Crippen molar-refractivity contribution in [1.82, 2.24) is 0 Å². The number of hydrogen-bond donors (Lipinski definition) is 0. The lowest BCUT2D eigenvalue weighted by Gasteiger charge is -2.12. The standard InChI is InChI=1S/C18H20O2/c1-11-8-13(3)17(14(4)9-11)18(19)16-7-6-15(20-5)10-12(16)2/h6-10H,1-5H3. The molecule has 2 aromatic carbocycles. The molecule has 0 aliphatic rings. The molecule has 0 radical (unpaired) electrons. The average molecular weight is 268 g/mol. The molecular formula is C18H20O2. The second-order valence-corrected chi connectivity index (χ2v) is 5.28. The van der Waals surface area contributed by atoms with Crippen LogP contribution in [0, 0.1) is 27.7 Å². The van der Waals surface area contributed by atoms with Gasteiger partial charge in [0.05, 0.1) is 7.11 Å². The second kappa shape index (κ2) is 5.49. The van der Waals surface area contributed by atoms with Crippen molar-refractivity contribution in [2.45, 2.75) is 27.7 Å². The van der Waals surface area contributed by atoms with E-state index >= 15 is 0 Å². The highest BCUT2D eigenvalue weighted by atomic mass is 16.5. The van der Waals surface area contributed by atoms with Gasteiger partial charge in [0.25, 0.3) is 0 Å². The van der Waals surface area contributed by atoms with Crippen molar-refractivity contribution in [3.8, 4) is 5.75 Å². The fourth-order valence-electron chi connectivity index (χ4n) is 2.69. The molecule has 0 fully saturated rings. The molecular weight excluding hydrogens is 248 g/mol. The van der Waals surface area contributed by atoms with Gasteiger partial charge in [-0.1, -0.05) is 17.7 Å². The molecule has 20 heavy (non-hydrogen) atoms. The van der Waals surface area contributed by atoms with Gasteiger partial charge in [0, 0.05) is 11.1 Å². The molecule has 0 saturated heterocycles. The lowest BCUT2D eigenvalue weighted by atomic mass is 9.91. The summed E-state index contributed by atoms with van der Waals surface area (Å²) in [5.41, 5.74) is 5.73. The normalized spacial score (nSPS) is 10.4. The Hall–Kier alpha value is -2.09. The zero-order valence-electron chi connectivity index (χ0n) is 12.7. The molecule has 0 aliphatic heterocycles. The maximum atomic E-state index is 12.8. The first-order chi connectivity index (χ1) is 9.43. The molecule has 2 nitrogen and oxygen atoms in total. The minimum atomic E-state index is 0.0835. The summed E-state index contributed by atoms with van der Waals surface area (Å²) in [5, 5.41) is 0. The maximum Gasteiger partial charge on any atom is 0.193 e. The van der Waals surface area contributed by atoms with Crippen molar-refractivity contribution in [1.29, 1.82) is 0 Å². The SMILES string of the molecule is COc1ccc(C(=O)c2c(C)cc(C)cc2C)c(C)c1. The van der Waals surface area contributed by atoms with Crippen LogP contribution in [0.25, 0.3) is 0 Å². The summed E-state index contributed by atoms with van der Waals surface area (Å²) in [6.45, 7) is 7.97. The first kappa shape index (κ1) is 14.3. The third-order valence-corrected chi connectivity index (χ3v) is 3.58. The number of hydrogen-bond acceptors (Lipinski definition) is 2. The number of benzene rings is 2. The molecule has 0 spiro atoms. The highest BCUT2D eigenvalue weighted by Gasteiger charge is 2.17. The number of carbonyl (C=O) groups is 1. The van der Waals surface area contributed by atoms with E-state index in [0.29, 0.717) is 0 Å². The predicted molar refractivity (Wildman–Crippen MR) is 81.8 cm³/mol. The number of aryl methyl sites for hydroxylation is 4. The minimum Gasteiger partial charge on any atom is -0.497 e. The summed E-state index contributed by atoms with van der Waals surface area (Å²) in [6, 6.07) is 9.68. The Morgan fingerprint density at radius 3 is 2.00 bits per heavy atom. The van der Waals surface area contributed by atoms with E-state index in [0.717, 1.165) is 33.6 Å². The van der Waals surface area contributed by atoms with Gasteiger partial charge in [0.1, 0.15) is 5.75 Å². The van der Waals surface area contributed by atoms with E-state index < -0.39 is 0 Å². The Morgan fingerprint density at radius 1 is 0.900 bits per heavy atom. The van der Waals surface area contributed by atoms with Gasteiger partial charge < -0.3 is 4.74 Å². The van der Waals surface area contributed by atoms with E-state index in [9.17, 15) is 4.79 Å². The molecule has 0 unspecified atom stereocenters. The fourth-order valence-corrected chi connectivity index (χ4v) is 2.69. The van der Waals surface area contributed by atoms with E-state index in [-0.39, 0.29) is 5.78 Å². The summed E-state index contributed by atoms with van der Waals surface area (Å²) in [5.74, 6) is 0.858. The predicted octanol–water partition coefficient (Wildman–Crippen LogP) is 4.16. The lowest BCUT2D eigenvalue weighted by Crippen LogP contribution is -2.08. The van der Waals surface area contributed by atoms with Crippen LogP contribution in [0.5, 0.6) is 5.75 Å². The van der Waals surface area contributed by atoms with Gasteiger partial charge in [-0.2, -0.15) is 0 Å². The van der Waals surface area contributed by atoms with Crippen molar-refractivity contribution in [3.63, 3.8) is 0 Å². The topological polar surface area (TPSA) is 26.3 Å². The molecule has 2 rings (SSSR count). The van der Waals surface area contributed by atoms with Crippen molar-refractivity contribution in [2.24, 2.45) is 0 Å². The summed E-state index contributed by atoms with van der Waals surface area (Å²) < 4.78 is 5.19. The van der Waals surface area contributed by atoms with Gasteiger partial charge in [0.15, 0.2) is 5.78 Å². The van der Waals surface area contributed by atoms with Crippen LogP contribution in [0.15, 0.2) is 30.3 Å². The molecule has 0 heterocycles. The van der Waals surface area contributed by atoms with Gasteiger partial charge in [-0.05, 0) is 62.6 Å². The fraction of sp³-hybridized carbons (Fsp3) is 0.278. The summed E-state index contributed by atoms with van der Waals surface area (Å²) in [4.78, 5) is 12.8. The average Bonchev–Trinajstić information content (AvgIpc) is 2.37. The first-order valence-electron chi connectivity index (χ1n) is 6.71. The van der Waals surface area contributed by atoms with E-state index in [1.54, 1.807) is 7.11 Å². The Labute approximate surface area is 120 Å². The first-order valence-corrected chi connectivity index (χ1v) is 6.71. The van der Waals surface area contributed by atoms with Crippen LogP contribution >= 0.6 is 0 Å². The van der Waals surface area contributed by atoms with E-state index in [4.69, 9.17) is 4.74 Å². The highest BCUT2D eigenvalue weighted by Crippen LogP contribution is 2.24. The second-order valence-electron chi connectivity index (χ2n) is 5.28. The van der Waals surface area contributed by atoms with Crippen molar-refractivity contribution < 1.29 is 9.53 Å². The highest BCUT2D eigenvalue weighted by molar-refractivity contribution is 6.11. The zero-order chi connectivity index (χ0) is 14.9. The Bertz CT molecular complexity index is 646. The van der Waals surface area contributed by atoms with Crippen LogP contribution in [-0.4, -0.2) is 12.9 Å². The van der Waals surface area contributed by atoms with Crippen molar-refractivity contribution >= 4 is 5.78 Å². The Kier molecular flexibility index (Phi) is 3.93.